The number of amides is 1. The zero-order chi connectivity index (χ0) is 19.5. The Bertz CT molecular complexity index is 790. The van der Waals surface area contributed by atoms with Gasteiger partial charge in [-0.2, -0.15) is 0 Å². The molecule has 2 aromatic rings. The van der Waals surface area contributed by atoms with Crippen molar-refractivity contribution in [3.05, 3.63) is 59.7 Å². The lowest BCUT2D eigenvalue weighted by atomic mass is 10.1. The van der Waals surface area contributed by atoms with Gasteiger partial charge in [0.25, 0.3) is 5.91 Å². The molecule has 0 aromatic heterocycles. The van der Waals surface area contributed by atoms with Gasteiger partial charge in [0.15, 0.2) is 19.5 Å². The van der Waals surface area contributed by atoms with Crippen LogP contribution in [0.4, 0.5) is 0 Å². The summed E-state index contributed by atoms with van der Waals surface area (Å²) >= 11 is 0. The van der Waals surface area contributed by atoms with E-state index in [9.17, 15) is 14.4 Å². The number of methoxy groups -OCH3 is 1. The van der Waals surface area contributed by atoms with Crippen LogP contribution in [0.1, 0.15) is 15.9 Å². The van der Waals surface area contributed by atoms with Crippen LogP contribution in [0.3, 0.4) is 0 Å². The third-order valence-electron chi connectivity index (χ3n) is 3.66. The molecule has 0 atom stereocenters. The Hall–Kier alpha value is -3.35. The highest BCUT2D eigenvalue weighted by molar-refractivity contribution is 5.81. The van der Waals surface area contributed by atoms with Gasteiger partial charge in [-0.05, 0) is 30.2 Å². The molecule has 0 heterocycles. The number of nitrogens with one attached hydrogen (secondary N) is 1. The van der Waals surface area contributed by atoms with E-state index in [1.807, 2.05) is 24.3 Å². The molecule has 0 unspecified atom stereocenters. The molecule has 0 aliphatic heterocycles. The standard InChI is InChI=1S/C20H21NO6/c1-25-17-8-4-2-6-15(17)10-11-21-19(23)13-27-20(24)14-26-18-9-5-3-7-16(18)12-22/h2-9,12H,10-11,13-14H2,1H3,(H,21,23). The molecule has 7 heteroatoms. The predicted octanol–water partition coefficient (Wildman–Crippen LogP) is 1.79. The van der Waals surface area contributed by atoms with Gasteiger partial charge in [-0.1, -0.05) is 30.3 Å². The number of aldehydes is 1. The lowest BCUT2D eigenvalue weighted by Crippen LogP contribution is -2.31. The maximum absolute atomic E-state index is 11.8. The highest BCUT2D eigenvalue weighted by Gasteiger charge is 2.10. The maximum atomic E-state index is 11.8. The molecule has 0 spiro atoms. The molecular formula is C20H21NO6. The summed E-state index contributed by atoms with van der Waals surface area (Å²) in [6, 6.07) is 14.0. The number of carbonyl (C=O) groups excluding carboxylic acids is 3. The van der Waals surface area contributed by atoms with E-state index in [-0.39, 0.29) is 12.4 Å². The van der Waals surface area contributed by atoms with Gasteiger partial charge in [-0.25, -0.2) is 4.79 Å². The first-order chi connectivity index (χ1) is 13.1. The van der Waals surface area contributed by atoms with E-state index in [1.165, 1.54) is 0 Å². The average molecular weight is 371 g/mol. The number of esters is 1. The van der Waals surface area contributed by atoms with Gasteiger partial charge in [0.2, 0.25) is 0 Å². The van der Waals surface area contributed by atoms with Gasteiger partial charge in [-0.3, -0.25) is 9.59 Å². The Balaban J connectivity index is 1.67. The van der Waals surface area contributed by atoms with Gasteiger partial charge >= 0.3 is 5.97 Å². The highest BCUT2D eigenvalue weighted by Crippen LogP contribution is 2.17. The number of hydrogen-bond acceptors (Lipinski definition) is 6. The molecule has 1 amide bonds. The maximum Gasteiger partial charge on any atom is 0.344 e. The minimum absolute atomic E-state index is 0.283. The summed E-state index contributed by atoms with van der Waals surface area (Å²) in [6.45, 7) is -0.400. The van der Waals surface area contributed by atoms with Crippen molar-refractivity contribution in [1.82, 2.24) is 5.32 Å². The quantitative estimate of drug-likeness (QED) is 0.506. The molecule has 27 heavy (non-hydrogen) atoms. The normalized spacial score (nSPS) is 9.96. The molecule has 2 rings (SSSR count). The average Bonchev–Trinajstić information content (AvgIpc) is 2.71. The Kier molecular flexibility index (Phi) is 7.84. The zero-order valence-electron chi connectivity index (χ0n) is 15.0. The van der Waals surface area contributed by atoms with Gasteiger partial charge in [0.05, 0.1) is 12.7 Å². The number of para-hydroxylation sites is 2. The van der Waals surface area contributed by atoms with Crippen molar-refractivity contribution < 1.29 is 28.6 Å². The van der Waals surface area contributed by atoms with E-state index in [1.54, 1.807) is 31.4 Å². The third-order valence-corrected chi connectivity index (χ3v) is 3.66. The number of rotatable bonds is 10. The molecular weight excluding hydrogens is 350 g/mol. The summed E-state index contributed by atoms with van der Waals surface area (Å²) < 4.78 is 15.3. The van der Waals surface area contributed by atoms with Crippen molar-refractivity contribution in [2.75, 3.05) is 26.9 Å². The molecule has 1 N–H and O–H groups in total. The number of ether oxygens (including phenoxy) is 3. The Morgan fingerprint density at radius 3 is 2.44 bits per heavy atom. The predicted molar refractivity (Wildman–Crippen MR) is 98.0 cm³/mol. The summed E-state index contributed by atoms with van der Waals surface area (Å²) in [4.78, 5) is 34.3. The summed E-state index contributed by atoms with van der Waals surface area (Å²) in [5.74, 6) is -0.0706. The Morgan fingerprint density at radius 1 is 1.00 bits per heavy atom. The summed E-state index contributed by atoms with van der Waals surface area (Å²) in [6.07, 6.45) is 1.23. The Labute approximate surface area is 157 Å². The van der Waals surface area contributed by atoms with E-state index in [0.29, 0.717) is 24.8 Å². The van der Waals surface area contributed by atoms with Crippen molar-refractivity contribution >= 4 is 18.2 Å². The van der Waals surface area contributed by atoms with Crippen LogP contribution in [0, 0.1) is 0 Å². The molecule has 142 valence electrons. The highest BCUT2D eigenvalue weighted by atomic mass is 16.6. The topological polar surface area (TPSA) is 90.9 Å². The largest absolute Gasteiger partial charge is 0.496 e. The molecule has 2 aromatic carbocycles. The van der Waals surface area contributed by atoms with Crippen LogP contribution >= 0.6 is 0 Å². The van der Waals surface area contributed by atoms with Crippen molar-refractivity contribution in [2.45, 2.75) is 6.42 Å². The first kappa shape index (κ1) is 20.0. The van der Waals surface area contributed by atoms with Crippen LogP contribution in [0.5, 0.6) is 11.5 Å². The lowest BCUT2D eigenvalue weighted by molar-refractivity contribution is -0.150. The minimum atomic E-state index is -0.699. The first-order valence-electron chi connectivity index (χ1n) is 8.35. The number of carbonyl (C=O) groups is 3. The van der Waals surface area contributed by atoms with Gasteiger partial charge in [0.1, 0.15) is 11.5 Å². The van der Waals surface area contributed by atoms with Crippen molar-refractivity contribution in [3.8, 4) is 11.5 Å². The van der Waals surface area contributed by atoms with Crippen LogP contribution < -0.4 is 14.8 Å². The van der Waals surface area contributed by atoms with Crippen LogP contribution in [0.15, 0.2) is 48.5 Å². The second kappa shape index (κ2) is 10.6. The zero-order valence-corrected chi connectivity index (χ0v) is 15.0. The summed E-state index contributed by atoms with van der Waals surface area (Å²) in [5.41, 5.74) is 1.30. The monoisotopic (exact) mass is 371 g/mol. The molecule has 0 aliphatic rings. The Morgan fingerprint density at radius 2 is 1.70 bits per heavy atom. The van der Waals surface area contributed by atoms with Gasteiger partial charge in [0, 0.05) is 6.54 Å². The second-order valence-corrected chi connectivity index (χ2v) is 5.52. The molecule has 7 nitrogen and oxygen atoms in total. The molecule has 0 bridgehead atoms. The van der Waals surface area contributed by atoms with E-state index in [2.05, 4.69) is 5.32 Å². The smallest absolute Gasteiger partial charge is 0.344 e. The SMILES string of the molecule is COc1ccccc1CCNC(=O)COC(=O)COc1ccccc1C=O. The molecule has 0 saturated heterocycles. The van der Waals surface area contributed by atoms with Crippen molar-refractivity contribution in [3.63, 3.8) is 0 Å². The molecule has 0 radical (unpaired) electrons. The van der Waals surface area contributed by atoms with E-state index in [0.717, 1.165) is 11.3 Å². The molecule has 0 saturated carbocycles. The fourth-order valence-corrected chi connectivity index (χ4v) is 2.33. The first-order valence-corrected chi connectivity index (χ1v) is 8.35. The number of hydrogen-bond donors (Lipinski definition) is 1. The van der Waals surface area contributed by atoms with Crippen molar-refractivity contribution in [1.29, 1.82) is 0 Å². The van der Waals surface area contributed by atoms with Crippen LogP contribution in [-0.2, 0) is 20.7 Å². The minimum Gasteiger partial charge on any atom is -0.496 e. The van der Waals surface area contributed by atoms with Crippen LogP contribution in [-0.4, -0.2) is 45.0 Å². The summed E-state index contributed by atoms with van der Waals surface area (Å²) in [7, 11) is 1.59. The van der Waals surface area contributed by atoms with Crippen LogP contribution in [0.25, 0.3) is 0 Å². The van der Waals surface area contributed by atoms with E-state index < -0.39 is 18.5 Å². The van der Waals surface area contributed by atoms with Crippen molar-refractivity contribution in [2.24, 2.45) is 0 Å². The lowest BCUT2D eigenvalue weighted by Gasteiger charge is -2.10. The third kappa shape index (κ3) is 6.47. The summed E-state index contributed by atoms with van der Waals surface area (Å²) in [5, 5.41) is 2.67. The van der Waals surface area contributed by atoms with Crippen LogP contribution in [0.2, 0.25) is 0 Å². The van der Waals surface area contributed by atoms with Gasteiger partial charge < -0.3 is 19.5 Å². The molecule has 0 aliphatic carbocycles. The molecule has 0 fully saturated rings. The van der Waals surface area contributed by atoms with E-state index >= 15 is 0 Å². The van der Waals surface area contributed by atoms with Gasteiger partial charge in [-0.15, -0.1) is 0 Å². The second-order valence-electron chi connectivity index (χ2n) is 5.52. The van der Waals surface area contributed by atoms with E-state index in [4.69, 9.17) is 14.2 Å². The fourth-order valence-electron chi connectivity index (χ4n) is 2.33. The number of benzene rings is 2. The fraction of sp³-hybridized carbons (Fsp3) is 0.250.